The van der Waals surface area contributed by atoms with Gasteiger partial charge in [-0.25, -0.2) is 9.78 Å². The Morgan fingerprint density at radius 2 is 1.82 bits per heavy atom. The van der Waals surface area contributed by atoms with Crippen molar-refractivity contribution in [3.05, 3.63) is 48.7 Å². The fraction of sp³-hybridized carbons (Fsp3) is 0.500. The average molecular weight is 486 g/mol. The van der Waals surface area contributed by atoms with E-state index in [2.05, 4.69) is 15.6 Å². The number of nitrogens with zero attached hydrogens (tertiary/aromatic N) is 1. The highest BCUT2D eigenvalue weighted by atomic mass is 32.2. The molecule has 0 radical (unpaired) electrons. The van der Waals surface area contributed by atoms with Gasteiger partial charge in [-0.3, -0.25) is 4.79 Å². The molecule has 1 atom stereocenters. The topological polar surface area (TPSA) is 89.5 Å². The summed E-state index contributed by atoms with van der Waals surface area (Å²) in [6.45, 7) is 5.39. The molecule has 34 heavy (non-hydrogen) atoms. The van der Waals surface area contributed by atoms with E-state index in [0.29, 0.717) is 29.0 Å². The molecule has 1 aliphatic carbocycles. The first-order valence-corrected chi connectivity index (χ1v) is 13.0. The van der Waals surface area contributed by atoms with Crippen molar-refractivity contribution in [2.75, 3.05) is 16.8 Å². The van der Waals surface area contributed by atoms with E-state index in [-0.39, 0.29) is 5.91 Å². The molecule has 0 bridgehead atoms. The first-order chi connectivity index (χ1) is 16.3. The first kappa shape index (κ1) is 25.9. The lowest BCUT2D eigenvalue weighted by molar-refractivity contribution is -0.117. The van der Waals surface area contributed by atoms with Gasteiger partial charge in [-0.05, 0) is 63.5 Å². The van der Waals surface area contributed by atoms with E-state index < -0.39 is 17.7 Å². The summed E-state index contributed by atoms with van der Waals surface area (Å²) in [5, 5.41) is 5.59. The number of thioether (sulfide) groups is 1. The Bertz CT molecular complexity index is 910. The highest BCUT2D eigenvalue weighted by Gasteiger charge is 2.25. The van der Waals surface area contributed by atoms with E-state index in [1.54, 1.807) is 44.7 Å². The third-order valence-corrected chi connectivity index (χ3v) is 6.62. The molecule has 2 N–H and O–H groups in total. The molecule has 0 aliphatic heterocycles. The molecule has 1 saturated carbocycles. The number of aromatic nitrogens is 1. The maximum atomic E-state index is 13.0. The standard InChI is InChI=1S/C26H35N3O4S/c1-26(2,3)33-25(31)29-22(18-34-17-19-10-6-4-7-11-19)24(30)28-20-14-15-23(27-16-20)32-21-12-8-5-9-13-21/h5,8-9,12-16,19,22H,4,6-7,10-11,17-18H2,1-3H3,(H,28,30)(H,29,31)/t22-/m0/s1. The summed E-state index contributed by atoms with van der Waals surface area (Å²) in [4.78, 5) is 29.6. The summed E-state index contributed by atoms with van der Waals surface area (Å²) in [6, 6.07) is 12.1. The summed E-state index contributed by atoms with van der Waals surface area (Å²) >= 11 is 1.70. The fourth-order valence-corrected chi connectivity index (χ4v) is 4.97. The molecule has 1 aromatic heterocycles. The van der Waals surface area contributed by atoms with Gasteiger partial charge in [0.05, 0.1) is 11.9 Å². The molecule has 2 amide bonds. The minimum absolute atomic E-state index is 0.305. The first-order valence-electron chi connectivity index (χ1n) is 11.9. The molecule has 1 aliphatic rings. The number of alkyl carbamates (subject to hydrolysis) is 1. The highest BCUT2D eigenvalue weighted by Crippen LogP contribution is 2.27. The molecule has 8 heteroatoms. The van der Waals surface area contributed by atoms with Gasteiger partial charge in [0.25, 0.3) is 0 Å². The zero-order valence-electron chi connectivity index (χ0n) is 20.2. The number of ether oxygens (including phenoxy) is 2. The summed E-state index contributed by atoms with van der Waals surface area (Å²) in [6.07, 6.45) is 7.30. The Hall–Kier alpha value is -2.74. The van der Waals surface area contributed by atoms with Crippen molar-refractivity contribution in [1.82, 2.24) is 10.3 Å². The number of para-hydroxylation sites is 1. The molecule has 0 unspecified atom stereocenters. The van der Waals surface area contributed by atoms with Gasteiger partial charge in [-0.15, -0.1) is 0 Å². The Balaban J connectivity index is 1.57. The van der Waals surface area contributed by atoms with Crippen LogP contribution in [-0.2, 0) is 9.53 Å². The number of carbonyl (C=O) groups excluding carboxylic acids is 2. The van der Waals surface area contributed by atoms with E-state index in [0.717, 1.165) is 5.75 Å². The summed E-state index contributed by atoms with van der Waals surface area (Å²) in [7, 11) is 0. The Kier molecular flexibility index (Phi) is 9.62. The van der Waals surface area contributed by atoms with E-state index >= 15 is 0 Å². The highest BCUT2D eigenvalue weighted by molar-refractivity contribution is 7.99. The lowest BCUT2D eigenvalue weighted by Gasteiger charge is -2.24. The third-order valence-electron chi connectivity index (χ3n) is 5.34. The fourth-order valence-electron chi connectivity index (χ4n) is 3.69. The van der Waals surface area contributed by atoms with Crippen LogP contribution >= 0.6 is 11.8 Å². The van der Waals surface area contributed by atoms with Crippen LogP contribution in [0.3, 0.4) is 0 Å². The number of nitrogens with one attached hydrogen (secondary N) is 2. The predicted molar refractivity (Wildman–Crippen MR) is 136 cm³/mol. The van der Waals surface area contributed by atoms with Gasteiger partial charge in [0.2, 0.25) is 11.8 Å². The maximum absolute atomic E-state index is 13.0. The number of anilines is 1. The molecule has 1 aromatic carbocycles. The van der Waals surface area contributed by atoms with Gasteiger partial charge in [0.15, 0.2) is 0 Å². The zero-order chi connectivity index (χ0) is 24.4. The Morgan fingerprint density at radius 1 is 1.09 bits per heavy atom. The Labute approximate surface area is 206 Å². The van der Waals surface area contributed by atoms with Crippen molar-refractivity contribution in [2.45, 2.75) is 64.5 Å². The lowest BCUT2D eigenvalue weighted by atomic mass is 9.91. The molecule has 7 nitrogen and oxygen atoms in total. The van der Waals surface area contributed by atoms with Gasteiger partial charge in [0.1, 0.15) is 17.4 Å². The van der Waals surface area contributed by atoms with Crippen LogP contribution in [0.15, 0.2) is 48.7 Å². The van der Waals surface area contributed by atoms with Gasteiger partial charge in [-0.2, -0.15) is 11.8 Å². The number of hydrogen-bond acceptors (Lipinski definition) is 6. The normalized spacial score (nSPS) is 15.3. The van der Waals surface area contributed by atoms with E-state index in [9.17, 15) is 9.59 Å². The van der Waals surface area contributed by atoms with Crippen LogP contribution < -0.4 is 15.4 Å². The lowest BCUT2D eigenvalue weighted by Crippen LogP contribution is -2.47. The number of benzene rings is 1. The third kappa shape index (κ3) is 9.25. The second-order valence-electron chi connectivity index (χ2n) is 9.53. The molecule has 3 rings (SSSR count). The van der Waals surface area contributed by atoms with Gasteiger partial charge >= 0.3 is 6.09 Å². The van der Waals surface area contributed by atoms with Crippen molar-refractivity contribution in [3.8, 4) is 11.6 Å². The quantitative estimate of drug-likeness (QED) is 0.451. The van der Waals surface area contributed by atoms with E-state index in [1.165, 1.54) is 38.3 Å². The second-order valence-corrected chi connectivity index (χ2v) is 10.6. The van der Waals surface area contributed by atoms with Gasteiger partial charge in [-0.1, -0.05) is 37.5 Å². The van der Waals surface area contributed by atoms with Crippen molar-refractivity contribution in [3.63, 3.8) is 0 Å². The number of carbonyl (C=O) groups is 2. The van der Waals surface area contributed by atoms with E-state index in [4.69, 9.17) is 9.47 Å². The number of rotatable bonds is 9. The van der Waals surface area contributed by atoms with Crippen LogP contribution in [0.5, 0.6) is 11.6 Å². The minimum atomic E-state index is -0.719. The number of hydrogen-bond donors (Lipinski definition) is 2. The molecular formula is C26H35N3O4S. The molecule has 0 saturated heterocycles. The Morgan fingerprint density at radius 3 is 2.47 bits per heavy atom. The van der Waals surface area contributed by atoms with Crippen molar-refractivity contribution >= 4 is 29.4 Å². The number of amides is 2. The van der Waals surface area contributed by atoms with Gasteiger partial charge in [0, 0.05) is 11.8 Å². The predicted octanol–water partition coefficient (Wildman–Crippen LogP) is 6.02. The summed E-state index contributed by atoms with van der Waals surface area (Å²) < 4.78 is 11.1. The molecule has 1 heterocycles. The van der Waals surface area contributed by atoms with E-state index in [1.807, 2.05) is 30.3 Å². The molecule has 0 spiro atoms. The average Bonchev–Trinajstić information content (AvgIpc) is 2.80. The molecular weight excluding hydrogens is 450 g/mol. The van der Waals surface area contributed by atoms with Crippen LogP contribution in [0.2, 0.25) is 0 Å². The van der Waals surface area contributed by atoms with Crippen molar-refractivity contribution in [1.29, 1.82) is 0 Å². The SMILES string of the molecule is CC(C)(C)OC(=O)N[C@@H](CSCC1CCCCC1)C(=O)Nc1ccc(Oc2ccccc2)nc1. The number of pyridine rings is 1. The van der Waals surface area contributed by atoms with Crippen LogP contribution in [-0.4, -0.2) is 40.1 Å². The van der Waals surface area contributed by atoms with Crippen LogP contribution in [0, 0.1) is 5.92 Å². The van der Waals surface area contributed by atoms with Crippen LogP contribution in [0.4, 0.5) is 10.5 Å². The largest absolute Gasteiger partial charge is 0.444 e. The minimum Gasteiger partial charge on any atom is -0.444 e. The van der Waals surface area contributed by atoms with Crippen LogP contribution in [0.25, 0.3) is 0 Å². The summed E-state index contributed by atoms with van der Waals surface area (Å²) in [5.74, 6) is 2.96. The monoisotopic (exact) mass is 485 g/mol. The smallest absolute Gasteiger partial charge is 0.408 e. The molecule has 1 fully saturated rings. The van der Waals surface area contributed by atoms with Crippen LogP contribution in [0.1, 0.15) is 52.9 Å². The van der Waals surface area contributed by atoms with Crippen molar-refractivity contribution < 1.29 is 19.1 Å². The molecule has 184 valence electrons. The molecule has 2 aromatic rings. The zero-order valence-corrected chi connectivity index (χ0v) is 21.0. The van der Waals surface area contributed by atoms with Crippen molar-refractivity contribution in [2.24, 2.45) is 5.92 Å². The van der Waals surface area contributed by atoms with Gasteiger partial charge < -0.3 is 20.1 Å². The second kappa shape index (κ2) is 12.6. The maximum Gasteiger partial charge on any atom is 0.408 e. The summed E-state index contributed by atoms with van der Waals surface area (Å²) in [5.41, 5.74) is -0.113.